The molecule has 0 atom stereocenters. The number of hydrogen-bond donors (Lipinski definition) is 1. The van der Waals surface area contributed by atoms with Gasteiger partial charge in [0.15, 0.2) is 0 Å². The summed E-state index contributed by atoms with van der Waals surface area (Å²) in [6.07, 6.45) is 6.88. The standard InChI is InChI=1S/C26H21N/c27-16-17-8-7-15-24-25(17)20-11-3-6-14-23(20)26(24)21-12-4-1-9-18(21)19-10-2-5-13-22(19)26/h1-5,7-13,15H,6,14,16,27H2. The highest BCUT2D eigenvalue weighted by Gasteiger charge is 2.52. The van der Waals surface area contributed by atoms with Crippen molar-refractivity contribution in [1.29, 1.82) is 0 Å². The zero-order chi connectivity index (χ0) is 18.0. The highest BCUT2D eigenvalue weighted by molar-refractivity contribution is 5.97. The van der Waals surface area contributed by atoms with Gasteiger partial charge in [-0.25, -0.2) is 0 Å². The van der Waals surface area contributed by atoms with E-state index in [1.54, 1.807) is 5.57 Å². The molecule has 1 nitrogen and oxygen atoms in total. The summed E-state index contributed by atoms with van der Waals surface area (Å²) in [4.78, 5) is 0. The second kappa shape index (κ2) is 5.31. The van der Waals surface area contributed by atoms with E-state index >= 15 is 0 Å². The Bertz CT molecular complexity index is 1120. The molecule has 1 heteroatoms. The van der Waals surface area contributed by atoms with Crippen LogP contribution in [0.15, 0.2) is 84.5 Å². The van der Waals surface area contributed by atoms with E-state index in [2.05, 4.69) is 78.9 Å². The molecule has 2 N–H and O–H groups in total. The van der Waals surface area contributed by atoms with Gasteiger partial charge in [-0.15, -0.1) is 0 Å². The molecule has 0 bridgehead atoms. The maximum Gasteiger partial charge on any atom is 0.0688 e. The quantitative estimate of drug-likeness (QED) is 0.611. The van der Waals surface area contributed by atoms with E-state index in [-0.39, 0.29) is 5.41 Å². The van der Waals surface area contributed by atoms with Crippen LogP contribution in [0.25, 0.3) is 16.7 Å². The van der Waals surface area contributed by atoms with Crippen LogP contribution < -0.4 is 5.73 Å². The lowest BCUT2D eigenvalue weighted by molar-refractivity contribution is 0.713. The number of hydrogen-bond acceptors (Lipinski definition) is 1. The third kappa shape index (κ3) is 1.69. The van der Waals surface area contributed by atoms with Crippen molar-refractivity contribution in [1.82, 2.24) is 0 Å². The summed E-state index contributed by atoms with van der Waals surface area (Å²) >= 11 is 0. The molecule has 0 fully saturated rings. The molecular formula is C26H21N. The summed E-state index contributed by atoms with van der Waals surface area (Å²) in [6.45, 7) is 0.577. The predicted molar refractivity (Wildman–Crippen MR) is 111 cm³/mol. The van der Waals surface area contributed by atoms with Gasteiger partial charge in [-0.1, -0.05) is 78.9 Å². The molecule has 0 aliphatic heterocycles. The van der Waals surface area contributed by atoms with Gasteiger partial charge in [0.25, 0.3) is 0 Å². The number of rotatable bonds is 1. The number of benzene rings is 3. The molecule has 3 aliphatic rings. The molecule has 0 unspecified atom stereocenters. The molecule has 0 saturated heterocycles. The molecule has 0 saturated carbocycles. The lowest BCUT2D eigenvalue weighted by Crippen LogP contribution is -2.27. The summed E-state index contributed by atoms with van der Waals surface area (Å²) in [5.74, 6) is 0. The summed E-state index contributed by atoms with van der Waals surface area (Å²) in [5.41, 5.74) is 18.6. The van der Waals surface area contributed by atoms with Gasteiger partial charge in [-0.2, -0.15) is 0 Å². The van der Waals surface area contributed by atoms with E-state index in [1.807, 2.05) is 0 Å². The van der Waals surface area contributed by atoms with Crippen molar-refractivity contribution in [2.75, 3.05) is 0 Å². The van der Waals surface area contributed by atoms with Crippen molar-refractivity contribution in [3.05, 3.63) is 112 Å². The van der Waals surface area contributed by atoms with E-state index in [1.165, 1.54) is 44.5 Å². The fraction of sp³-hybridized carbons (Fsp3) is 0.154. The van der Waals surface area contributed by atoms with Gasteiger partial charge in [0, 0.05) is 6.54 Å². The first kappa shape index (κ1) is 15.2. The van der Waals surface area contributed by atoms with Crippen molar-refractivity contribution in [2.24, 2.45) is 5.73 Å². The van der Waals surface area contributed by atoms with Crippen molar-refractivity contribution in [3.8, 4) is 11.1 Å². The first-order valence-corrected chi connectivity index (χ1v) is 9.79. The molecule has 3 aromatic rings. The van der Waals surface area contributed by atoms with Crippen LogP contribution in [0.5, 0.6) is 0 Å². The Hall–Kier alpha value is -2.90. The fourth-order valence-electron chi connectivity index (χ4n) is 5.70. The molecule has 27 heavy (non-hydrogen) atoms. The fourth-order valence-corrected chi connectivity index (χ4v) is 5.70. The first-order valence-electron chi connectivity index (χ1n) is 9.79. The van der Waals surface area contributed by atoms with Crippen LogP contribution in [0.2, 0.25) is 0 Å². The summed E-state index contributed by atoms with van der Waals surface area (Å²) in [5, 5.41) is 0. The molecule has 3 aliphatic carbocycles. The largest absolute Gasteiger partial charge is 0.326 e. The van der Waals surface area contributed by atoms with Gasteiger partial charge in [-0.05, 0) is 62.9 Å². The van der Waals surface area contributed by atoms with Crippen LogP contribution in [-0.2, 0) is 12.0 Å². The smallest absolute Gasteiger partial charge is 0.0688 e. The molecule has 1 spiro atoms. The molecule has 0 heterocycles. The lowest BCUT2D eigenvalue weighted by atomic mass is 9.68. The minimum absolute atomic E-state index is 0.159. The zero-order valence-electron chi connectivity index (χ0n) is 15.2. The van der Waals surface area contributed by atoms with Crippen LogP contribution in [0.4, 0.5) is 0 Å². The second-order valence-electron chi connectivity index (χ2n) is 7.72. The van der Waals surface area contributed by atoms with Crippen LogP contribution in [0.3, 0.4) is 0 Å². The van der Waals surface area contributed by atoms with Crippen LogP contribution in [0.1, 0.15) is 40.7 Å². The second-order valence-corrected chi connectivity index (χ2v) is 7.72. The molecule has 130 valence electrons. The monoisotopic (exact) mass is 347 g/mol. The minimum Gasteiger partial charge on any atom is -0.326 e. The molecular weight excluding hydrogens is 326 g/mol. The average molecular weight is 347 g/mol. The van der Waals surface area contributed by atoms with E-state index in [0.717, 1.165) is 12.8 Å². The van der Waals surface area contributed by atoms with Crippen LogP contribution >= 0.6 is 0 Å². The number of nitrogens with two attached hydrogens (primary N) is 1. The van der Waals surface area contributed by atoms with Crippen LogP contribution in [0, 0.1) is 0 Å². The van der Waals surface area contributed by atoms with Crippen molar-refractivity contribution >= 4 is 5.57 Å². The summed E-state index contributed by atoms with van der Waals surface area (Å²) in [7, 11) is 0. The third-order valence-corrected chi connectivity index (χ3v) is 6.62. The minimum atomic E-state index is -0.159. The lowest BCUT2D eigenvalue weighted by Gasteiger charge is -2.33. The predicted octanol–water partition coefficient (Wildman–Crippen LogP) is 5.58. The Morgan fingerprint density at radius 1 is 0.778 bits per heavy atom. The van der Waals surface area contributed by atoms with E-state index < -0.39 is 0 Å². The zero-order valence-corrected chi connectivity index (χ0v) is 15.2. The average Bonchev–Trinajstić information content (AvgIpc) is 3.21. The molecule has 3 aromatic carbocycles. The maximum absolute atomic E-state index is 6.17. The van der Waals surface area contributed by atoms with E-state index in [9.17, 15) is 0 Å². The van der Waals surface area contributed by atoms with Gasteiger partial charge in [-0.3, -0.25) is 0 Å². The Morgan fingerprint density at radius 2 is 1.44 bits per heavy atom. The maximum atomic E-state index is 6.17. The molecule has 0 amide bonds. The Labute approximate surface area is 159 Å². The van der Waals surface area contributed by atoms with E-state index in [0.29, 0.717) is 6.54 Å². The molecule has 6 rings (SSSR count). The molecule has 0 aromatic heterocycles. The third-order valence-electron chi connectivity index (χ3n) is 6.62. The topological polar surface area (TPSA) is 26.0 Å². The molecule has 0 radical (unpaired) electrons. The van der Waals surface area contributed by atoms with Gasteiger partial charge >= 0.3 is 0 Å². The highest BCUT2D eigenvalue weighted by Crippen LogP contribution is 2.63. The number of fused-ring (bicyclic) bond motifs is 9. The normalized spacial score (nSPS) is 17.7. The Morgan fingerprint density at radius 3 is 2.15 bits per heavy atom. The summed E-state index contributed by atoms with van der Waals surface area (Å²) in [6, 6.07) is 24.7. The van der Waals surface area contributed by atoms with Crippen molar-refractivity contribution in [3.63, 3.8) is 0 Å². The van der Waals surface area contributed by atoms with Crippen LogP contribution in [-0.4, -0.2) is 0 Å². The van der Waals surface area contributed by atoms with Gasteiger partial charge in [0.05, 0.1) is 5.41 Å². The Kier molecular flexibility index (Phi) is 2.99. The van der Waals surface area contributed by atoms with Crippen molar-refractivity contribution in [2.45, 2.75) is 24.8 Å². The van der Waals surface area contributed by atoms with Gasteiger partial charge in [0.2, 0.25) is 0 Å². The summed E-state index contributed by atoms with van der Waals surface area (Å²) < 4.78 is 0. The SMILES string of the molecule is NCc1cccc2c1C1=C(CCC=C1)C21c2ccccc2-c2ccccc21. The highest BCUT2D eigenvalue weighted by atomic mass is 14.6. The number of allylic oxidation sites excluding steroid dienone is 4. The Balaban J connectivity index is 1.83. The van der Waals surface area contributed by atoms with Crippen molar-refractivity contribution < 1.29 is 0 Å². The van der Waals surface area contributed by atoms with E-state index in [4.69, 9.17) is 5.73 Å². The van der Waals surface area contributed by atoms with Gasteiger partial charge in [0.1, 0.15) is 0 Å². The first-order chi connectivity index (χ1) is 13.4. The van der Waals surface area contributed by atoms with Gasteiger partial charge < -0.3 is 5.73 Å².